The largest absolute Gasteiger partial charge is 0.491 e. The van der Waals surface area contributed by atoms with Crippen molar-refractivity contribution in [2.24, 2.45) is 0 Å². The summed E-state index contributed by atoms with van der Waals surface area (Å²) < 4.78 is 48.8. The quantitative estimate of drug-likeness (QED) is 0.462. The Labute approximate surface area is 191 Å². The van der Waals surface area contributed by atoms with Crippen molar-refractivity contribution in [3.05, 3.63) is 48.0 Å². The van der Waals surface area contributed by atoms with Crippen molar-refractivity contribution in [1.29, 1.82) is 0 Å². The zero-order valence-electron chi connectivity index (χ0n) is 17.9. The van der Waals surface area contributed by atoms with Crippen molar-refractivity contribution in [1.82, 2.24) is 10.0 Å². The van der Waals surface area contributed by atoms with Crippen molar-refractivity contribution < 1.29 is 37.3 Å². The monoisotopic (exact) mass is 478 g/mol. The van der Waals surface area contributed by atoms with Crippen molar-refractivity contribution in [2.45, 2.75) is 29.9 Å². The third-order valence-electron chi connectivity index (χ3n) is 5.24. The highest BCUT2D eigenvalue weighted by atomic mass is 32.2. The number of hydrogen-bond acceptors (Lipinski definition) is 8. The summed E-state index contributed by atoms with van der Waals surface area (Å²) in [6, 6.07) is 10.7. The maximum absolute atomic E-state index is 12.4. The zero-order chi connectivity index (χ0) is 23.3. The molecule has 0 spiro atoms. The fourth-order valence-corrected chi connectivity index (χ4v) is 4.47. The van der Waals surface area contributed by atoms with Crippen molar-refractivity contribution >= 4 is 15.9 Å². The highest BCUT2D eigenvalue weighted by Gasteiger charge is 2.21. The molecular weight excluding hydrogens is 452 g/mol. The molecule has 2 aliphatic heterocycles. The van der Waals surface area contributed by atoms with Crippen LogP contribution >= 0.6 is 0 Å². The van der Waals surface area contributed by atoms with Gasteiger partial charge in [0.25, 0.3) is 5.91 Å². The third kappa shape index (κ3) is 6.14. The van der Waals surface area contributed by atoms with Gasteiger partial charge in [-0.25, -0.2) is 13.1 Å². The molecule has 10 nitrogen and oxygen atoms in total. The molecule has 178 valence electrons. The number of rotatable bonds is 10. The minimum atomic E-state index is -3.69. The van der Waals surface area contributed by atoms with Crippen LogP contribution in [0.2, 0.25) is 0 Å². The van der Waals surface area contributed by atoms with Gasteiger partial charge in [0.05, 0.1) is 11.0 Å². The fourth-order valence-electron chi connectivity index (χ4n) is 3.41. The van der Waals surface area contributed by atoms with Crippen LogP contribution in [-0.2, 0) is 14.8 Å². The lowest BCUT2D eigenvalue weighted by atomic mass is 10.2. The SMILES string of the molecule is O=C(NCC(O)COc1ccc2c(c1)OCO2)c1ccc(S(=O)(=O)NCC2CCCO2)cc1. The lowest BCUT2D eigenvalue weighted by molar-refractivity contribution is 0.0843. The van der Waals surface area contributed by atoms with E-state index in [1.807, 2.05) is 0 Å². The molecule has 2 aromatic rings. The fraction of sp³-hybridized carbons (Fsp3) is 0.409. The van der Waals surface area contributed by atoms with Crippen LogP contribution in [0.25, 0.3) is 0 Å². The molecule has 2 aliphatic rings. The Morgan fingerprint density at radius 3 is 2.70 bits per heavy atom. The Morgan fingerprint density at radius 2 is 1.94 bits per heavy atom. The van der Waals surface area contributed by atoms with Crippen molar-refractivity contribution in [3.8, 4) is 17.2 Å². The summed E-state index contributed by atoms with van der Waals surface area (Å²) in [6.07, 6.45) is 0.705. The van der Waals surface area contributed by atoms with Gasteiger partial charge in [0.1, 0.15) is 18.5 Å². The Balaban J connectivity index is 1.22. The summed E-state index contributed by atoms with van der Waals surface area (Å²) in [4.78, 5) is 12.4. The second kappa shape index (κ2) is 10.4. The molecule has 0 aromatic heterocycles. The van der Waals surface area contributed by atoms with Gasteiger partial charge in [-0.3, -0.25) is 4.79 Å². The molecule has 2 aromatic carbocycles. The van der Waals surface area contributed by atoms with Crippen molar-refractivity contribution in [2.75, 3.05) is 33.1 Å². The molecule has 3 N–H and O–H groups in total. The number of benzene rings is 2. The maximum Gasteiger partial charge on any atom is 0.251 e. The summed E-state index contributed by atoms with van der Waals surface area (Å²) in [6.45, 7) is 0.957. The Hall–Kier alpha value is -2.86. The number of amides is 1. The first-order valence-corrected chi connectivity index (χ1v) is 12.1. The predicted octanol–water partition coefficient (Wildman–Crippen LogP) is 1.04. The van der Waals surface area contributed by atoms with E-state index in [1.165, 1.54) is 24.3 Å². The number of fused-ring (bicyclic) bond motifs is 1. The lowest BCUT2D eigenvalue weighted by Crippen LogP contribution is -2.35. The molecule has 0 bridgehead atoms. The Kier molecular flexibility index (Phi) is 7.33. The number of carbonyl (C=O) groups excluding carboxylic acids is 1. The number of hydrogen-bond donors (Lipinski definition) is 3. The average molecular weight is 479 g/mol. The van der Waals surface area contributed by atoms with Gasteiger partial charge in [0.15, 0.2) is 11.5 Å². The van der Waals surface area contributed by atoms with Crippen LogP contribution in [0.15, 0.2) is 47.4 Å². The topological polar surface area (TPSA) is 132 Å². The predicted molar refractivity (Wildman–Crippen MR) is 117 cm³/mol. The van der Waals surface area contributed by atoms with E-state index in [2.05, 4.69) is 10.0 Å². The normalized spacial score (nSPS) is 18.2. The van der Waals surface area contributed by atoms with Crippen LogP contribution < -0.4 is 24.2 Å². The highest BCUT2D eigenvalue weighted by Crippen LogP contribution is 2.35. The number of nitrogens with one attached hydrogen (secondary N) is 2. The molecule has 2 atom stereocenters. The van der Waals surface area contributed by atoms with Crippen LogP contribution in [-0.4, -0.2) is 64.7 Å². The molecule has 1 amide bonds. The van der Waals surface area contributed by atoms with E-state index in [0.29, 0.717) is 23.9 Å². The van der Waals surface area contributed by atoms with Gasteiger partial charge in [-0.05, 0) is 49.2 Å². The zero-order valence-corrected chi connectivity index (χ0v) is 18.7. The molecule has 0 radical (unpaired) electrons. The Bertz CT molecular complexity index is 1070. The molecule has 11 heteroatoms. The Morgan fingerprint density at radius 1 is 1.15 bits per heavy atom. The van der Waals surface area contributed by atoms with Crippen LogP contribution in [0.1, 0.15) is 23.2 Å². The van der Waals surface area contributed by atoms with E-state index in [0.717, 1.165) is 12.8 Å². The van der Waals surface area contributed by atoms with Gasteiger partial charge in [0.2, 0.25) is 16.8 Å². The van der Waals surface area contributed by atoms with Crippen LogP contribution in [0.5, 0.6) is 17.2 Å². The molecule has 1 saturated heterocycles. The van der Waals surface area contributed by atoms with E-state index in [-0.39, 0.29) is 43.1 Å². The first kappa shape index (κ1) is 23.3. The van der Waals surface area contributed by atoms with Gasteiger partial charge >= 0.3 is 0 Å². The molecule has 0 aliphatic carbocycles. The second-order valence-electron chi connectivity index (χ2n) is 7.70. The number of aliphatic hydroxyl groups excluding tert-OH is 1. The minimum Gasteiger partial charge on any atom is -0.491 e. The summed E-state index contributed by atoms with van der Waals surface area (Å²) in [5.74, 6) is 1.28. The van der Waals surface area contributed by atoms with E-state index < -0.39 is 22.0 Å². The molecule has 4 rings (SSSR count). The minimum absolute atomic E-state index is 0.0342. The number of sulfonamides is 1. The molecule has 1 fully saturated rings. The van der Waals surface area contributed by atoms with Gasteiger partial charge in [-0.2, -0.15) is 0 Å². The molecule has 2 heterocycles. The van der Waals surface area contributed by atoms with E-state index in [1.54, 1.807) is 18.2 Å². The average Bonchev–Trinajstić information content (AvgIpc) is 3.51. The van der Waals surface area contributed by atoms with Gasteiger partial charge in [0, 0.05) is 31.3 Å². The third-order valence-corrected chi connectivity index (χ3v) is 6.68. The smallest absolute Gasteiger partial charge is 0.251 e. The summed E-state index contributed by atoms with van der Waals surface area (Å²) in [5.41, 5.74) is 0.275. The maximum atomic E-state index is 12.4. The standard InChI is InChI=1S/C22H26N2O8S/c25-16(13-30-17-5-8-20-21(10-17)32-14-31-20)11-23-22(26)15-3-6-19(7-4-15)33(27,28)24-12-18-2-1-9-29-18/h3-8,10,16,18,24-25H,1-2,9,11-14H2,(H,23,26). The van der Waals surface area contributed by atoms with Crippen LogP contribution in [0.3, 0.4) is 0 Å². The van der Waals surface area contributed by atoms with Gasteiger partial charge in [-0.1, -0.05) is 0 Å². The molecule has 2 unspecified atom stereocenters. The van der Waals surface area contributed by atoms with E-state index in [4.69, 9.17) is 18.9 Å². The second-order valence-corrected chi connectivity index (χ2v) is 9.47. The summed E-state index contributed by atoms with van der Waals surface area (Å²) >= 11 is 0. The van der Waals surface area contributed by atoms with Crippen LogP contribution in [0, 0.1) is 0 Å². The molecule has 0 saturated carbocycles. The highest BCUT2D eigenvalue weighted by molar-refractivity contribution is 7.89. The van der Waals surface area contributed by atoms with Crippen LogP contribution in [0.4, 0.5) is 0 Å². The number of aliphatic hydroxyl groups is 1. The number of ether oxygens (including phenoxy) is 4. The summed E-state index contributed by atoms with van der Waals surface area (Å²) in [5, 5.41) is 12.7. The molecular formula is C22H26N2O8S. The summed E-state index contributed by atoms with van der Waals surface area (Å²) in [7, 11) is -3.69. The van der Waals surface area contributed by atoms with Gasteiger partial charge in [-0.15, -0.1) is 0 Å². The number of carbonyl (C=O) groups is 1. The first-order valence-electron chi connectivity index (χ1n) is 10.6. The van der Waals surface area contributed by atoms with E-state index >= 15 is 0 Å². The van der Waals surface area contributed by atoms with Crippen molar-refractivity contribution in [3.63, 3.8) is 0 Å². The van der Waals surface area contributed by atoms with Gasteiger partial charge < -0.3 is 29.4 Å². The molecule has 33 heavy (non-hydrogen) atoms. The lowest BCUT2D eigenvalue weighted by Gasteiger charge is -2.14. The first-order chi connectivity index (χ1) is 15.9. The van der Waals surface area contributed by atoms with E-state index in [9.17, 15) is 18.3 Å².